The van der Waals surface area contributed by atoms with Gasteiger partial charge in [-0.3, -0.25) is 0 Å². The van der Waals surface area contributed by atoms with Gasteiger partial charge in [0.25, 0.3) is 0 Å². The monoisotopic (exact) mass is 358 g/mol. The van der Waals surface area contributed by atoms with Gasteiger partial charge < -0.3 is 18.5 Å². The quantitative estimate of drug-likeness (QED) is 0.602. The molecule has 0 bridgehead atoms. The SMILES string of the molecule is C.C.C.C.COP(C)COP(C)COP(C)C.OP. The molecule has 0 aromatic heterocycles. The molecule has 19 heavy (non-hydrogen) atoms. The van der Waals surface area contributed by atoms with Crippen LogP contribution in [0.5, 0.6) is 0 Å². The lowest BCUT2D eigenvalue weighted by atomic mass is 11.7. The molecule has 0 heterocycles. The van der Waals surface area contributed by atoms with E-state index in [-0.39, 0.29) is 37.9 Å². The van der Waals surface area contributed by atoms with E-state index in [1.165, 1.54) is 9.47 Å². The lowest BCUT2D eigenvalue weighted by Crippen LogP contribution is -1.93. The Morgan fingerprint density at radius 1 is 0.789 bits per heavy atom. The van der Waals surface area contributed by atoms with E-state index < -0.39 is 16.3 Å². The summed E-state index contributed by atoms with van der Waals surface area (Å²) < 4.78 is 16.2. The molecule has 0 aromatic rings. The molecule has 0 saturated carbocycles. The zero-order chi connectivity index (χ0) is 12.3. The van der Waals surface area contributed by atoms with Gasteiger partial charge in [-0.15, -0.1) is 0 Å². The molecule has 0 spiro atoms. The normalized spacial score (nSPS) is 11.4. The minimum absolute atomic E-state index is 0. The molecule has 3 unspecified atom stereocenters. The van der Waals surface area contributed by atoms with E-state index in [0.29, 0.717) is 0 Å². The van der Waals surface area contributed by atoms with Crippen LogP contribution in [0.4, 0.5) is 0 Å². The molecule has 0 amide bonds. The first kappa shape index (κ1) is 37.1. The van der Waals surface area contributed by atoms with Crippen molar-refractivity contribution in [3.05, 3.63) is 0 Å². The summed E-state index contributed by atoms with van der Waals surface area (Å²) in [5, 5.41) is 0. The van der Waals surface area contributed by atoms with Crippen LogP contribution in [-0.4, -0.2) is 51.4 Å². The fraction of sp³-hybridized carbons (Fsp3) is 1.00. The number of rotatable bonds is 7. The van der Waals surface area contributed by atoms with Gasteiger partial charge in [0.2, 0.25) is 0 Å². The summed E-state index contributed by atoms with van der Waals surface area (Å²) in [7, 11) is 2.07. The van der Waals surface area contributed by atoms with Crippen LogP contribution >= 0.6 is 33.9 Å². The lowest BCUT2D eigenvalue weighted by Gasteiger charge is -2.16. The summed E-state index contributed by atoms with van der Waals surface area (Å²) in [6, 6.07) is 0. The van der Waals surface area contributed by atoms with Crippen molar-refractivity contribution in [1.29, 1.82) is 0 Å². The van der Waals surface area contributed by atoms with Crippen LogP contribution in [0.2, 0.25) is 0 Å². The Hall–Kier alpha value is 1.56. The van der Waals surface area contributed by atoms with Gasteiger partial charge in [-0.2, -0.15) is 0 Å². The maximum absolute atomic E-state index is 6.92. The van der Waals surface area contributed by atoms with E-state index in [0.717, 1.165) is 12.7 Å². The summed E-state index contributed by atoms with van der Waals surface area (Å²) in [5.41, 5.74) is 0. The zero-order valence-electron chi connectivity index (χ0n) is 10.0. The lowest BCUT2D eigenvalue weighted by molar-refractivity contribution is 0.364. The molecule has 1 N–H and O–H groups in total. The van der Waals surface area contributed by atoms with E-state index >= 15 is 0 Å². The molecular weight excluding hydrogens is 320 g/mol. The number of hydrogen-bond donors (Lipinski definition) is 1. The van der Waals surface area contributed by atoms with E-state index in [4.69, 9.17) is 18.5 Å². The van der Waals surface area contributed by atoms with Gasteiger partial charge in [-0.25, -0.2) is 0 Å². The van der Waals surface area contributed by atoms with Crippen LogP contribution in [-0.2, 0) is 13.6 Å². The van der Waals surface area contributed by atoms with Gasteiger partial charge >= 0.3 is 0 Å². The Balaban J connectivity index is -0.0000000669. The maximum Gasteiger partial charge on any atom is 0.0948 e. The second-order valence-corrected chi connectivity index (χ2v) is 8.30. The first-order valence-corrected chi connectivity index (χ1v) is 10.7. The molecule has 0 fully saturated rings. The molecule has 0 aromatic carbocycles. The van der Waals surface area contributed by atoms with E-state index in [1.54, 1.807) is 7.11 Å². The summed E-state index contributed by atoms with van der Waals surface area (Å²) in [6.07, 6.45) is 1.48. The Morgan fingerprint density at radius 3 is 1.47 bits per heavy atom. The van der Waals surface area contributed by atoms with Gasteiger partial charge in [0.05, 0.1) is 29.0 Å². The van der Waals surface area contributed by atoms with Crippen LogP contribution in [0, 0.1) is 0 Å². The second-order valence-electron chi connectivity index (χ2n) is 2.77. The van der Waals surface area contributed by atoms with E-state index in [1.807, 2.05) is 0 Å². The average molecular weight is 358 g/mol. The summed E-state index contributed by atoms with van der Waals surface area (Å²) >= 11 is 0. The van der Waals surface area contributed by atoms with Gasteiger partial charge in [0.15, 0.2) is 0 Å². The van der Waals surface area contributed by atoms with Crippen molar-refractivity contribution in [2.75, 3.05) is 46.5 Å². The van der Waals surface area contributed by atoms with Gasteiger partial charge in [0, 0.05) is 15.3 Å². The zero-order valence-corrected chi connectivity index (χ0v) is 13.8. The third kappa shape index (κ3) is 32.8. The molecule has 8 heteroatoms. The largest absolute Gasteiger partial charge is 0.380 e. The van der Waals surface area contributed by atoms with Crippen molar-refractivity contribution in [1.82, 2.24) is 0 Å². The van der Waals surface area contributed by atoms with Crippen LogP contribution < -0.4 is 0 Å². The first-order valence-electron chi connectivity index (χ1n) is 4.21. The van der Waals surface area contributed by atoms with Crippen molar-refractivity contribution >= 4 is 33.9 Å². The van der Waals surface area contributed by atoms with Crippen molar-refractivity contribution in [2.45, 2.75) is 29.7 Å². The average Bonchev–Trinajstić information content (AvgIpc) is 2.25. The highest BCUT2D eigenvalue weighted by atomic mass is 31.2. The second kappa shape index (κ2) is 27.8. The topological polar surface area (TPSA) is 47.9 Å². The number of hydrogen-bond acceptors (Lipinski definition) is 4. The maximum atomic E-state index is 6.92. The minimum Gasteiger partial charge on any atom is -0.380 e. The molecular formula is C11H38O4P4. The third-order valence-electron chi connectivity index (χ3n) is 1.27. The molecule has 0 rings (SSSR count). The first-order chi connectivity index (χ1) is 7.06. The smallest absolute Gasteiger partial charge is 0.0948 e. The Bertz CT molecular complexity index is 131. The summed E-state index contributed by atoms with van der Waals surface area (Å²) in [5.74, 6) is 0. The fourth-order valence-corrected chi connectivity index (χ4v) is 3.66. The van der Waals surface area contributed by atoms with Crippen molar-refractivity contribution in [2.24, 2.45) is 0 Å². The van der Waals surface area contributed by atoms with E-state index in [9.17, 15) is 0 Å². The highest BCUT2D eigenvalue weighted by Crippen LogP contribution is 2.42. The van der Waals surface area contributed by atoms with Crippen LogP contribution in [0.3, 0.4) is 0 Å². The standard InChI is InChI=1S/C7H19O3P3.4CH4.H3OP/c1-8-12(4)7-10-13(5)6-9-11(2)3;;;;;1-2/h6-7H2,1-5H3;4*1H4;1H,2H2. The Kier molecular flexibility index (Phi) is 54.3. The van der Waals surface area contributed by atoms with Gasteiger partial charge in [-0.05, 0) is 36.1 Å². The third-order valence-corrected chi connectivity index (χ3v) is 4.50. The molecule has 0 radical (unpaired) electrons. The van der Waals surface area contributed by atoms with Crippen LogP contribution in [0.15, 0.2) is 0 Å². The van der Waals surface area contributed by atoms with Gasteiger partial charge in [-0.1, -0.05) is 29.7 Å². The molecule has 0 aliphatic rings. The van der Waals surface area contributed by atoms with Crippen molar-refractivity contribution in [3.63, 3.8) is 0 Å². The Labute approximate surface area is 129 Å². The molecule has 0 aliphatic carbocycles. The molecule has 0 saturated heterocycles. The molecule has 3 atom stereocenters. The predicted octanol–water partition coefficient (Wildman–Crippen LogP) is 5.60. The highest BCUT2D eigenvalue weighted by Gasteiger charge is 2.06. The van der Waals surface area contributed by atoms with E-state index in [2.05, 4.69) is 26.7 Å². The van der Waals surface area contributed by atoms with Gasteiger partial charge in [0.1, 0.15) is 0 Å². The van der Waals surface area contributed by atoms with Crippen molar-refractivity contribution < 1.29 is 18.5 Å². The van der Waals surface area contributed by atoms with Crippen LogP contribution in [0.25, 0.3) is 0 Å². The highest BCUT2D eigenvalue weighted by molar-refractivity contribution is 7.55. The molecule has 126 valence electrons. The minimum atomic E-state index is -0.421. The fourth-order valence-electron chi connectivity index (χ4n) is 0.467. The molecule has 4 nitrogen and oxygen atoms in total. The summed E-state index contributed by atoms with van der Waals surface area (Å²) in [6.45, 7) is 8.35. The Morgan fingerprint density at radius 2 is 1.16 bits per heavy atom. The van der Waals surface area contributed by atoms with Crippen molar-refractivity contribution in [3.8, 4) is 0 Å². The van der Waals surface area contributed by atoms with Crippen LogP contribution in [0.1, 0.15) is 29.7 Å². The predicted molar refractivity (Wildman–Crippen MR) is 102 cm³/mol. The summed E-state index contributed by atoms with van der Waals surface area (Å²) in [4.78, 5) is 6.92. The molecule has 0 aliphatic heterocycles.